The molecule has 1 aromatic carbocycles. The Hall–Kier alpha value is -0.830. The fraction of sp³-hybridized carbons (Fsp3) is 0.579. The van der Waals surface area contributed by atoms with E-state index >= 15 is 0 Å². The third kappa shape index (κ3) is 7.06. The van der Waals surface area contributed by atoms with E-state index in [1.54, 1.807) is 0 Å². The van der Waals surface area contributed by atoms with Gasteiger partial charge in [0.25, 0.3) is 0 Å². The summed E-state index contributed by atoms with van der Waals surface area (Å²) in [6, 6.07) is 8.53. The molecule has 0 aliphatic heterocycles. The van der Waals surface area contributed by atoms with Crippen LogP contribution >= 0.6 is 39.9 Å². The van der Waals surface area contributed by atoms with Crippen LogP contribution in [0, 0.1) is 5.92 Å². The number of hydrogen-bond acceptors (Lipinski definition) is 2. The normalized spacial score (nSPS) is 15.2. The summed E-state index contributed by atoms with van der Waals surface area (Å²) in [6.07, 6.45) is 2.35. The molecule has 0 spiro atoms. The smallest absolute Gasteiger partial charge is 0.222 e. The predicted octanol–water partition coefficient (Wildman–Crippen LogP) is 3.43. The molecule has 2 rings (SSSR count). The van der Waals surface area contributed by atoms with Gasteiger partial charge in [-0.3, -0.25) is 9.79 Å². The minimum absolute atomic E-state index is 0. The first kappa shape index (κ1) is 23.2. The Morgan fingerprint density at radius 1 is 1.23 bits per heavy atom. The van der Waals surface area contributed by atoms with Crippen LogP contribution in [0.4, 0.5) is 0 Å². The predicted molar refractivity (Wildman–Crippen MR) is 122 cm³/mol. The first-order valence-electron chi connectivity index (χ1n) is 9.03. The fourth-order valence-corrected chi connectivity index (χ4v) is 3.05. The molecule has 0 bridgehead atoms. The molecule has 7 heteroatoms. The SMILES string of the molecule is CCNC(=NCC1(c2cccc(Br)c2)CC1)NCCNC(=O)C(C)C.I. The third-order valence-electron chi connectivity index (χ3n) is 4.42. The van der Waals surface area contributed by atoms with Gasteiger partial charge in [0.2, 0.25) is 5.91 Å². The van der Waals surface area contributed by atoms with Gasteiger partial charge in [0.15, 0.2) is 5.96 Å². The minimum atomic E-state index is 0. The molecule has 26 heavy (non-hydrogen) atoms. The number of guanidine groups is 1. The van der Waals surface area contributed by atoms with Gasteiger partial charge in [-0.2, -0.15) is 0 Å². The molecule has 0 unspecified atom stereocenters. The summed E-state index contributed by atoms with van der Waals surface area (Å²) in [5.41, 5.74) is 1.53. The number of carbonyl (C=O) groups is 1. The van der Waals surface area contributed by atoms with Crippen LogP contribution in [0.25, 0.3) is 0 Å². The molecule has 1 amide bonds. The Morgan fingerprint density at radius 2 is 1.92 bits per heavy atom. The number of hydrogen-bond donors (Lipinski definition) is 3. The molecule has 0 atom stereocenters. The molecule has 0 aromatic heterocycles. The summed E-state index contributed by atoms with van der Waals surface area (Å²) in [5, 5.41) is 9.47. The largest absolute Gasteiger partial charge is 0.357 e. The Bertz CT molecular complexity index is 617. The van der Waals surface area contributed by atoms with E-state index in [2.05, 4.69) is 63.1 Å². The quantitative estimate of drug-likeness (QED) is 0.206. The average molecular weight is 537 g/mol. The lowest BCUT2D eigenvalue weighted by Crippen LogP contribution is -2.42. The molecule has 1 fully saturated rings. The van der Waals surface area contributed by atoms with Crippen molar-refractivity contribution in [3.8, 4) is 0 Å². The van der Waals surface area contributed by atoms with E-state index in [4.69, 9.17) is 4.99 Å². The van der Waals surface area contributed by atoms with E-state index in [1.165, 1.54) is 18.4 Å². The Labute approximate surface area is 182 Å². The van der Waals surface area contributed by atoms with E-state index in [0.717, 1.165) is 23.5 Å². The van der Waals surface area contributed by atoms with Crippen molar-refractivity contribution in [3.05, 3.63) is 34.3 Å². The molecule has 1 aliphatic rings. The van der Waals surface area contributed by atoms with Crippen LogP contribution in [0.5, 0.6) is 0 Å². The van der Waals surface area contributed by atoms with Gasteiger partial charge in [0.1, 0.15) is 0 Å². The van der Waals surface area contributed by atoms with Crippen LogP contribution < -0.4 is 16.0 Å². The standard InChI is InChI=1S/C19H29BrN4O.HI/c1-4-21-18(23-11-10-22-17(25)14(2)3)24-13-19(8-9-19)15-6-5-7-16(20)12-15;/h5-7,12,14H,4,8-11,13H2,1-3H3,(H,22,25)(H2,21,23,24);1H. The zero-order valence-electron chi connectivity index (χ0n) is 15.8. The number of aliphatic imine (C=N–C) groups is 1. The first-order valence-corrected chi connectivity index (χ1v) is 9.82. The van der Waals surface area contributed by atoms with Crippen LogP contribution in [-0.4, -0.2) is 38.0 Å². The first-order chi connectivity index (χ1) is 12.0. The number of carbonyl (C=O) groups excluding carboxylic acids is 1. The van der Waals surface area contributed by atoms with Gasteiger partial charge in [-0.1, -0.05) is 41.9 Å². The van der Waals surface area contributed by atoms with Crippen molar-refractivity contribution in [1.82, 2.24) is 16.0 Å². The molecule has 146 valence electrons. The highest BCUT2D eigenvalue weighted by atomic mass is 127. The maximum atomic E-state index is 11.6. The molecular formula is C19H30BrIN4O. The fourth-order valence-electron chi connectivity index (χ4n) is 2.65. The van der Waals surface area contributed by atoms with Gasteiger partial charge in [-0.25, -0.2) is 0 Å². The van der Waals surface area contributed by atoms with Gasteiger partial charge in [0.05, 0.1) is 6.54 Å². The second kappa shape index (κ2) is 11.1. The molecule has 0 heterocycles. The molecule has 5 nitrogen and oxygen atoms in total. The van der Waals surface area contributed by atoms with E-state index in [9.17, 15) is 4.79 Å². The van der Waals surface area contributed by atoms with Crippen LogP contribution in [0.2, 0.25) is 0 Å². The average Bonchev–Trinajstić information content (AvgIpc) is 3.37. The maximum absolute atomic E-state index is 11.6. The maximum Gasteiger partial charge on any atom is 0.222 e. The number of nitrogens with zero attached hydrogens (tertiary/aromatic N) is 1. The van der Waals surface area contributed by atoms with Crippen molar-refractivity contribution in [2.45, 2.75) is 39.0 Å². The molecule has 3 N–H and O–H groups in total. The van der Waals surface area contributed by atoms with Gasteiger partial charge in [-0.15, -0.1) is 24.0 Å². The van der Waals surface area contributed by atoms with Crippen molar-refractivity contribution in [1.29, 1.82) is 0 Å². The summed E-state index contributed by atoms with van der Waals surface area (Å²) >= 11 is 3.56. The lowest BCUT2D eigenvalue weighted by atomic mass is 9.96. The summed E-state index contributed by atoms with van der Waals surface area (Å²) in [5.74, 6) is 0.903. The number of halogens is 2. The monoisotopic (exact) mass is 536 g/mol. The van der Waals surface area contributed by atoms with E-state index in [-0.39, 0.29) is 41.2 Å². The molecule has 0 radical (unpaired) electrons. The van der Waals surface area contributed by atoms with Crippen LogP contribution in [0.1, 0.15) is 39.2 Å². The van der Waals surface area contributed by atoms with Crippen molar-refractivity contribution in [3.63, 3.8) is 0 Å². The van der Waals surface area contributed by atoms with Crippen molar-refractivity contribution in [2.24, 2.45) is 10.9 Å². The van der Waals surface area contributed by atoms with Gasteiger partial charge in [0, 0.05) is 35.4 Å². The van der Waals surface area contributed by atoms with Gasteiger partial charge >= 0.3 is 0 Å². The van der Waals surface area contributed by atoms with Crippen molar-refractivity contribution in [2.75, 3.05) is 26.2 Å². The third-order valence-corrected chi connectivity index (χ3v) is 4.91. The van der Waals surface area contributed by atoms with Crippen LogP contribution in [0.3, 0.4) is 0 Å². The van der Waals surface area contributed by atoms with E-state index < -0.39 is 0 Å². The molecule has 1 aromatic rings. The summed E-state index contributed by atoms with van der Waals surface area (Å²) in [6.45, 7) is 8.69. The zero-order chi connectivity index (χ0) is 18.3. The second-order valence-electron chi connectivity index (χ2n) is 6.86. The number of nitrogens with one attached hydrogen (secondary N) is 3. The molecule has 1 aliphatic carbocycles. The Kier molecular flexibility index (Phi) is 9.92. The lowest BCUT2D eigenvalue weighted by molar-refractivity contribution is -0.123. The molecule has 0 saturated heterocycles. The Morgan fingerprint density at radius 3 is 2.50 bits per heavy atom. The van der Waals surface area contributed by atoms with Gasteiger partial charge < -0.3 is 16.0 Å². The van der Waals surface area contributed by atoms with Crippen LogP contribution in [0.15, 0.2) is 33.7 Å². The van der Waals surface area contributed by atoms with Gasteiger partial charge in [-0.05, 0) is 37.5 Å². The van der Waals surface area contributed by atoms with Crippen molar-refractivity contribution >= 4 is 51.8 Å². The minimum Gasteiger partial charge on any atom is -0.357 e. The van der Waals surface area contributed by atoms with E-state index in [0.29, 0.717) is 13.1 Å². The molecular weight excluding hydrogens is 507 g/mol. The second-order valence-corrected chi connectivity index (χ2v) is 7.77. The van der Waals surface area contributed by atoms with Crippen molar-refractivity contribution < 1.29 is 4.79 Å². The highest BCUT2D eigenvalue weighted by molar-refractivity contribution is 14.0. The highest BCUT2D eigenvalue weighted by Crippen LogP contribution is 2.48. The zero-order valence-corrected chi connectivity index (χ0v) is 19.7. The summed E-state index contributed by atoms with van der Waals surface area (Å²) < 4.78 is 1.12. The number of amides is 1. The Balaban J connectivity index is 0.00000338. The number of rotatable bonds is 8. The van der Waals surface area contributed by atoms with E-state index in [1.807, 2.05) is 13.8 Å². The van der Waals surface area contributed by atoms with Crippen LogP contribution in [-0.2, 0) is 10.2 Å². The lowest BCUT2D eigenvalue weighted by Gasteiger charge is -2.16. The topological polar surface area (TPSA) is 65.5 Å². The molecule has 1 saturated carbocycles. The number of benzene rings is 1. The summed E-state index contributed by atoms with van der Waals surface area (Å²) in [7, 11) is 0. The highest BCUT2D eigenvalue weighted by Gasteiger charge is 2.44. The summed E-state index contributed by atoms with van der Waals surface area (Å²) in [4.78, 5) is 16.3.